The largest absolute Gasteiger partial charge is 0.507 e. The lowest BCUT2D eigenvalue weighted by Crippen LogP contribution is -2.29. The molecular weight excluding hydrogens is 511 g/mol. The van der Waals surface area contributed by atoms with E-state index < -0.39 is 29.5 Å². The Morgan fingerprint density at radius 3 is 2.47 bits per heavy atom. The smallest absolute Gasteiger partial charge is 0.350 e. The van der Waals surface area contributed by atoms with E-state index in [4.69, 9.17) is 9.47 Å². The fraction of sp³-hybridized carbons (Fsp3) is 0.286. The van der Waals surface area contributed by atoms with Crippen LogP contribution in [0.3, 0.4) is 0 Å². The van der Waals surface area contributed by atoms with Gasteiger partial charge in [0, 0.05) is 5.56 Å². The van der Waals surface area contributed by atoms with Crippen molar-refractivity contribution >= 4 is 39.9 Å². The summed E-state index contributed by atoms with van der Waals surface area (Å²) in [6.07, 6.45) is 0.830. The van der Waals surface area contributed by atoms with Crippen molar-refractivity contribution in [3.05, 3.63) is 81.1 Å². The summed E-state index contributed by atoms with van der Waals surface area (Å²) in [6, 6.07) is 9.15. The molecular formula is C28H27FN2O6S. The molecule has 3 aromatic rings. The topological polar surface area (TPSA) is 106 Å². The fourth-order valence-corrected chi connectivity index (χ4v) is 5.18. The van der Waals surface area contributed by atoms with Crippen LogP contribution in [0.5, 0.6) is 5.75 Å². The number of hydrogen-bond donors (Lipinski definition) is 1. The number of rotatable bonds is 8. The number of thiazole rings is 1. The number of aromatic nitrogens is 1. The van der Waals surface area contributed by atoms with Gasteiger partial charge in [0.05, 0.1) is 30.5 Å². The number of ketones is 1. The number of nitrogens with zero attached hydrogens (tertiary/aromatic N) is 2. The lowest BCUT2D eigenvalue weighted by molar-refractivity contribution is -0.132. The molecule has 1 N–H and O–H groups in total. The van der Waals surface area contributed by atoms with Gasteiger partial charge in [-0.2, -0.15) is 0 Å². The highest BCUT2D eigenvalue weighted by Crippen LogP contribution is 2.44. The first kappa shape index (κ1) is 27.0. The van der Waals surface area contributed by atoms with E-state index in [0.717, 1.165) is 28.2 Å². The summed E-state index contributed by atoms with van der Waals surface area (Å²) in [5.74, 6) is -2.69. The minimum atomic E-state index is -1.10. The summed E-state index contributed by atoms with van der Waals surface area (Å²) in [7, 11) is 0. The van der Waals surface area contributed by atoms with Gasteiger partial charge in [0.2, 0.25) is 0 Å². The Labute approximate surface area is 223 Å². The second-order valence-corrected chi connectivity index (χ2v) is 9.66. The van der Waals surface area contributed by atoms with Crippen LogP contribution in [-0.4, -0.2) is 41.0 Å². The first-order chi connectivity index (χ1) is 18.2. The van der Waals surface area contributed by atoms with Gasteiger partial charge in [-0.05, 0) is 68.7 Å². The van der Waals surface area contributed by atoms with Crippen molar-refractivity contribution in [3.8, 4) is 5.75 Å². The standard InChI is InChI=1S/C28H27FN2O6S/c1-5-13-37-20-12-9-18(14-15(20)3)23(32)21-22(17-7-10-19(29)11-8-17)31(26(34)24(21)33)28-30-16(4)25(38-28)27(35)36-6-2/h7-12,14,22,32H,5-6,13H2,1-4H3/t22-/m0/s1. The predicted octanol–water partition coefficient (Wildman–Crippen LogP) is 5.49. The van der Waals surface area contributed by atoms with Crippen molar-refractivity contribution < 1.29 is 33.4 Å². The molecule has 8 nitrogen and oxygen atoms in total. The third-order valence-corrected chi connectivity index (χ3v) is 7.13. The van der Waals surface area contributed by atoms with Crippen LogP contribution in [-0.2, 0) is 14.3 Å². The van der Waals surface area contributed by atoms with E-state index in [9.17, 15) is 23.9 Å². The molecule has 0 bridgehead atoms. The van der Waals surface area contributed by atoms with Crippen LogP contribution >= 0.6 is 11.3 Å². The fourth-order valence-electron chi connectivity index (χ4n) is 4.19. The molecule has 1 aliphatic heterocycles. The lowest BCUT2D eigenvalue weighted by atomic mass is 9.95. The number of anilines is 1. The number of halogens is 1. The Balaban J connectivity index is 1.86. The normalized spacial score (nSPS) is 16.7. The first-order valence-electron chi connectivity index (χ1n) is 12.1. The summed E-state index contributed by atoms with van der Waals surface area (Å²) in [5, 5.41) is 11.4. The molecule has 198 valence electrons. The molecule has 0 aliphatic carbocycles. The van der Waals surface area contributed by atoms with Crippen molar-refractivity contribution in [2.45, 2.75) is 40.2 Å². The Kier molecular flexibility index (Phi) is 7.91. The minimum Gasteiger partial charge on any atom is -0.507 e. The zero-order chi connectivity index (χ0) is 27.6. The molecule has 0 radical (unpaired) electrons. The van der Waals surface area contributed by atoms with E-state index in [1.165, 1.54) is 24.3 Å². The maximum atomic E-state index is 13.8. The molecule has 1 amide bonds. The summed E-state index contributed by atoms with van der Waals surface area (Å²) in [4.78, 5) is 44.8. The average Bonchev–Trinajstić information content (AvgIpc) is 3.40. The average molecular weight is 539 g/mol. The van der Waals surface area contributed by atoms with E-state index in [2.05, 4.69) is 4.98 Å². The third-order valence-electron chi connectivity index (χ3n) is 5.99. The van der Waals surface area contributed by atoms with Crippen LogP contribution in [0.4, 0.5) is 9.52 Å². The molecule has 2 heterocycles. The Morgan fingerprint density at radius 2 is 1.84 bits per heavy atom. The molecule has 10 heteroatoms. The number of hydrogen-bond acceptors (Lipinski definition) is 8. The highest BCUT2D eigenvalue weighted by molar-refractivity contribution is 7.17. The number of aliphatic hydroxyl groups excluding tert-OH is 1. The molecule has 2 aromatic carbocycles. The van der Waals surface area contributed by atoms with Crippen LogP contribution in [0.1, 0.15) is 58.4 Å². The van der Waals surface area contributed by atoms with E-state index in [0.29, 0.717) is 29.2 Å². The number of amides is 1. The monoisotopic (exact) mass is 538 g/mol. The number of benzene rings is 2. The Morgan fingerprint density at radius 1 is 1.13 bits per heavy atom. The molecule has 4 rings (SSSR count). The molecule has 1 fully saturated rings. The Bertz CT molecular complexity index is 1430. The molecule has 0 spiro atoms. The summed E-state index contributed by atoms with van der Waals surface area (Å²) in [6.45, 7) is 7.76. The van der Waals surface area contributed by atoms with Crippen LogP contribution < -0.4 is 9.64 Å². The second kappa shape index (κ2) is 11.1. The highest BCUT2D eigenvalue weighted by Gasteiger charge is 2.48. The lowest BCUT2D eigenvalue weighted by Gasteiger charge is -2.23. The highest BCUT2D eigenvalue weighted by atomic mass is 32.1. The van der Waals surface area contributed by atoms with Crippen LogP contribution in [0.25, 0.3) is 5.76 Å². The van der Waals surface area contributed by atoms with Gasteiger partial charge >= 0.3 is 11.9 Å². The second-order valence-electron chi connectivity index (χ2n) is 8.68. The van der Waals surface area contributed by atoms with E-state index >= 15 is 0 Å². The minimum absolute atomic E-state index is 0.0838. The van der Waals surface area contributed by atoms with Gasteiger partial charge in [0.1, 0.15) is 22.2 Å². The quantitative estimate of drug-likeness (QED) is 0.175. The van der Waals surface area contributed by atoms with Crippen LogP contribution in [0.15, 0.2) is 48.0 Å². The maximum absolute atomic E-state index is 13.8. The molecule has 0 unspecified atom stereocenters. The van der Waals surface area contributed by atoms with Crippen molar-refractivity contribution in [3.63, 3.8) is 0 Å². The van der Waals surface area contributed by atoms with Crippen LogP contribution in [0.2, 0.25) is 0 Å². The first-order valence-corrected chi connectivity index (χ1v) is 12.9. The maximum Gasteiger partial charge on any atom is 0.350 e. The number of aryl methyl sites for hydroxylation is 2. The molecule has 1 atom stereocenters. The van der Waals surface area contributed by atoms with Gasteiger partial charge in [-0.1, -0.05) is 30.4 Å². The van der Waals surface area contributed by atoms with Gasteiger partial charge in [0.25, 0.3) is 5.78 Å². The zero-order valence-corrected chi connectivity index (χ0v) is 22.2. The third kappa shape index (κ3) is 5.04. The summed E-state index contributed by atoms with van der Waals surface area (Å²) in [5.41, 5.74) is 1.61. The summed E-state index contributed by atoms with van der Waals surface area (Å²) < 4.78 is 24.6. The number of ether oxygens (including phenoxy) is 2. The van der Waals surface area contributed by atoms with Crippen molar-refractivity contribution in [2.24, 2.45) is 0 Å². The predicted molar refractivity (Wildman–Crippen MR) is 141 cm³/mol. The van der Waals surface area contributed by atoms with Gasteiger partial charge in [-0.3, -0.25) is 14.5 Å². The SMILES string of the molecule is CCCOc1ccc(C(O)=C2C(=O)C(=O)N(c3nc(C)c(C(=O)OCC)s3)[C@H]2c2ccc(F)cc2)cc1C. The Hall–Kier alpha value is -4.05. The van der Waals surface area contributed by atoms with Gasteiger partial charge in [-0.15, -0.1) is 0 Å². The van der Waals surface area contributed by atoms with Gasteiger partial charge < -0.3 is 14.6 Å². The number of Topliss-reactive ketones (excluding diaryl/α,β-unsaturated/α-hetero) is 1. The van der Waals surface area contributed by atoms with Gasteiger partial charge in [0.15, 0.2) is 5.13 Å². The van der Waals surface area contributed by atoms with E-state index in [1.54, 1.807) is 32.0 Å². The zero-order valence-electron chi connectivity index (χ0n) is 21.4. The molecule has 1 aromatic heterocycles. The number of carbonyl (C=O) groups excluding carboxylic acids is 3. The molecule has 38 heavy (non-hydrogen) atoms. The van der Waals surface area contributed by atoms with E-state index in [-0.39, 0.29) is 27.9 Å². The summed E-state index contributed by atoms with van der Waals surface area (Å²) >= 11 is 0.906. The molecule has 1 aliphatic rings. The van der Waals surface area contributed by atoms with Gasteiger partial charge in [-0.25, -0.2) is 14.2 Å². The number of carbonyl (C=O) groups is 3. The molecule has 0 saturated carbocycles. The molecule has 1 saturated heterocycles. The van der Waals surface area contributed by atoms with E-state index in [1.807, 2.05) is 13.8 Å². The van der Waals surface area contributed by atoms with Crippen molar-refractivity contribution in [2.75, 3.05) is 18.1 Å². The number of aliphatic hydroxyl groups is 1. The van der Waals surface area contributed by atoms with Crippen molar-refractivity contribution in [1.29, 1.82) is 0 Å². The van der Waals surface area contributed by atoms with Crippen LogP contribution in [0, 0.1) is 19.7 Å². The van der Waals surface area contributed by atoms with Crippen molar-refractivity contribution in [1.82, 2.24) is 4.98 Å². The number of esters is 1.